The van der Waals surface area contributed by atoms with Gasteiger partial charge in [-0.15, -0.1) is 0 Å². The van der Waals surface area contributed by atoms with Crippen LogP contribution in [0, 0.1) is 0 Å². The standard InChI is InChI=1S/C18H13Cl2NO2S/c19-15-10-16(20)12-17(11-15)21-24(22,23)18-8-6-14(7-9-18)13-4-2-1-3-5-13/h1-12,21H. The van der Waals surface area contributed by atoms with Crippen LogP contribution >= 0.6 is 23.2 Å². The average molecular weight is 378 g/mol. The van der Waals surface area contributed by atoms with Crippen LogP contribution in [-0.4, -0.2) is 8.42 Å². The normalized spacial score (nSPS) is 11.2. The van der Waals surface area contributed by atoms with E-state index in [1.165, 1.54) is 18.2 Å². The van der Waals surface area contributed by atoms with Gasteiger partial charge in [0.2, 0.25) is 0 Å². The molecule has 0 saturated heterocycles. The van der Waals surface area contributed by atoms with Gasteiger partial charge in [0.15, 0.2) is 0 Å². The van der Waals surface area contributed by atoms with Gasteiger partial charge in [-0.2, -0.15) is 0 Å². The largest absolute Gasteiger partial charge is 0.280 e. The van der Waals surface area contributed by atoms with Gasteiger partial charge in [0.25, 0.3) is 10.0 Å². The zero-order valence-corrected chi connectivity index (χ0v) is 14.7. The molecule has 0 fully saturated rings. The lowest BCUT2D eigenvalue weighted by Crippen LogP contribution is -2.12. The van der Waals surface area contributed by atoms with Gasteiger partial charge in [-0.3, -0.25) is 4.72 Å². The minimum Gasteiger partial charge on any atom is -0.280 e. The molecule has 1 N–H and O–H groups in total. The van der Waals surface area contributed by atoms with Crippen molar-refractivity contribution >= 4 is 38.9 Å². The van der Waals surface area contributed by atoms with E-state index in [4.69, 9.17) is 23.2 Å². The zero-order chi connectivity index (χ0) is 17.2. The molecule has 0 aliphatic carbocycles. The van der Waals surface area contributed by atoms with Crippen molar-refractivity contribution in [1.82, 2.24) is 0 Å². The summed E-state index contributed by atoms with van der Waals surface area (Å²) >= 11 is 11.8. The summed E-state index contributed by atoms with van der Waals surface area (Å²) in [6.07, 6.45) is 0. The number of hydrogen-bond donors (Lipinski definition) is 1. The Balaban J connectivity index is 1.87. The Kier molecular flexibility index (Phi) is 4.81. The highest BCUT2D eigenvalue weighted by atomic mass is 35.5. The summed E-state index contributed by atoms with van der Waals surface area (Å²) in [7, 11) is -3.71. The molecule has 0 unspecified atom stereocenters. The van der Waals surface area contributed by atoms with E-state index in [0.717, 1.165) is 11.1 Å². The molecule has 0 aliphatic rings. The maximum absolute atomic E-state index is 12.5. The molecule has 0 bridgehead atoms. The number of benzene rings is 3. The van der Waals surface area contributed by atoms with Crippen LogP contribution in [0.3, 0.4) is 0 Å². The Hall–Kier alpha value is -2.01. The van der Waals surface area contributed by atoms with Gasteiger partial charge in [0.1, 0.15) is 0 Å². The van der Waals surface area contributed by atoms with Crippen molar-refractivity contribution in [3.05, 3.63) is 82.8 Å². The molecule has 0 heterocycles. The number of nitrogens with one attached hydrogen (secondary N) is 1. The smallest absolute Gasteiger partial charge is 0.261 e. The van der Waals surface area contributed by atoms with Crippen molar-refractivity contribution in [2.75, 3.05) is 4.72 Å². The first-order chi connectivity index (χ1) is 11.4. The van der Waals surface area contributed by atoms with E-state index in [1.54, 1.807) is 24.3 Å². The van der Waals surface area contributed by atoms with Gasteiger partial charge in [0, 0.05) is 10.0 Å². The average Bonchev–Trinajstić information content (AvgIpc) is 2.54. The fraction of sp³-hybridized carbons (Fsp3) is 0. The molecule has 0 saturated carbocycles. The third-order valence-corrected chi connectivity index (χ3v) is 5.22. The second-order valence-corrected chi connectivity index (χ2v) is 7.71. The molecule has 0 spiro atoms. The van der Waals surface area contributed by atoms with Gasteiger partial charge in [-0.25, -0.2) is 8.42 Å². The summed E-state index contributed by atoms with van der Waals surface area (Å²) in [5, 5.41) is 0.722. The summed E-state index contributed by atoms with van der Waals surface area (Å²) in [4.78, 5) is 0.165. The van der Waals surface area contributed by atoms with Gasteiger partial charge in [-0.05, 0) is 41.5 Å². The second-order valence-electron chi connectivity index (χ2n) is 5.15. The third kappa shape index (κ3) is 3.90. The Labute approximate surface area is 150 Å². The molecule has 0 radical (unpaired) electrons. The number of halogens is 2. The maximum atomic E-state index is 12.5. The summed E-state index contributed by atoms with van der Waals surface area (Å²) < 4.78 is 27.4. The van der Waals surface area contributed by atoms with E-state index in [2.05, 4.69) is 4.72 Å². The van der Waals surface area contributed by atoms with Crippen molar-refractivity contribution in [1.29, 1.82) is 0 Å². The quantitative estimate of drug-likeness (QED) is 0.655. The van der Waals surface area contributed by atoms with Crippen LogP contribution in [-0.2, 0) is 10.0 Å². The SMILES string of the molecule is O=S(=O)(Nc1cc(Cl)cc(Cl)c1)c1ccc(-c2ccccc2)cc1. The summed E-state index contributed by atoms with van der Waals surface area (Å²) in [5.74, 6) is 0. The Morgan fingerprint density at radius 1 is 0.708 bits per heavy atom. The van der Waals surface area contributed by atoms with E-state index in [0.29, 0.717) is 15.7 Å². The molecule has 0 atom stereocenters. The lowest BCUT2D eigenvalue weighted by Gasteiger charge is -2.10. The van der Waals surface area contributed by atoms with Crippen molar-refractivity contribution in [2.45, 2.75) is 4.90 Å². The molecule has 0 aromatic heterocycles. The van der Waals surface area contributed by atoms with Crippen LogP contribution < -0.4 is 4.72 Å². The summed E-state index contributed by atoms with van der Waals surface area (Å²) in [6.45, 7) is 0. The minimum absolute atomic E-state index is 0.165. The molecule has 3 aromatic carbocycles. The molecule has 3 nitrogen and oxygen atoms in total. The lowest BCUT2D eigenvalue weighted by molar-refractivity contribution is 0.601. The third-order valence-electron chi connectivity index (χ3n) is 3.39. The zero-order valence-electron chi connectivity index (χ0n) is 12.4. The van der Waals surface area contributed by atoms with Gasteiger partial charge < -0.3 is 0 Å². The maximum Gasteiger partial charge on any atom is 0.261 e. The van der Waals surface area contributed by atoms with Crippen LogP contribution in [0.15, 0.2) is 77.7 Å². The molecule has 122 valence electrons. The number of hydrogen-bond acceptors (Lipinski definition) is 2. The van der Waals surface area contributed by atoms with E-state index in [-0.39, 0.29) is 4.90 Å². The lowest BCUT2D eigenvalue weighted by atomic mass is 10.1. The van der Waals surface area contributed by atoms with Crippen molar-refractivity contribution in [2.24, 2.45) is 0 Å². The van der Waals surface area contributed by atoms with Gasteiger partial charge in [0.05, 0.1) is 10.6 Å². The molecule has 24 heavy (non-hydrogen) atoms. The highest BCUT2D eigenvalue weighted by molar-refractivity contribution is 7.92. The molecule has 3 aromatic rings. The summed E-state index contributed by atoms with van der Waals surface area (Å²) in [5.41, 5.74) is 2.29. The monoisotopic (exact) mass is 377 g/mol. The minimum atomic E-state index is -3.71. The first-order valence-corrected chi connectivity index (χ1v) is 9.32. The first-order valence-electron chi connectivity index (χ1n) is 7.08. The number of sulfonamides is 1. The Morgan fingerprint density at radius 3 is 1.83 bits per heavy atom. The van der Waals surface area contributed by atoms with E-state index in [1.807, 2.05) is 30.3 Å². The van der Waals surface area contributed by atoms with Crippen LogP contribution in [0.2, 0.25) is 10.0 Å². The van der Waals surface area contributed by atoms with Crippen LogP contribution in [0.25, 0.3) is 11.1 Å². The van der Waals surface area contributed by atoms with Crippen molar-refractivity contribution in [3.63, 3.8) is 0 Å². The molecule has 6 heteroatoms. The highest BCUT2D eigenvalue weighted by Gasteiger charge is 2.15. The summed E-state index contributed by atoms with van der Waals surface area (Å²) in [6, 6.07) is 21.0. The predicted octanol–water partition coefficient (Wildman–Crippen LogP) is 5.46. The van der Waals surface area contributed by atoms with E-state index in [9.17, 15) is 8.42 Å². The predicted molar refractivity (Wildman–Crippen MR) is 99.1 cm³/mol. The van der Waals surface area contributed by atoms with Crippen molar-refractivity contribution < 1.29 is 8.42 Å². The fourth-order valence-corrected chi connectivity index (χ4v) is 3.85. The van der Waals surface area contributed by atoms with E-state index >= 15 is 0 Å². The topological polar surface area (TPSA) is 46.2 Å². The Bertz CT molecular complexity index is 936. The molecular formula is C18H13Cl2NO2S. The molecular weight excluding hydrogens is 365 g/mol. The highest BCUT2D eigenvalue weighted by Crippen LogP contribution is 2.26. The molecule has 0 aliphatic heterocycles. The second kappa shape index (κ2) is 6.85. The van der Waals surface area contributed by atoms with Gasteiger partial charge >= 0.3 is 0 Å². The van der Waals surface area contributed by atoms with E-state index < -0.39 is 10.0 Å². The molecule has 3 rings (SSSR count). The Morgan fingerprint density at radius 2 is 1.25 bits per heavy atom. The van der Waals surface area contributed by atoms with Gasteiger partial charge in [-0.1, -0.05) is 65.7 Å². The first kappa shape index (κ1) is 16.8. The molecule has 0 amide bonds. The number of rotatable bonds is 4. The number of anilines is 1. The fourth-order valence-electron chi connectivity index (χ4n) is 2.28. The van der Waals surface area contributed by atoms with Crippen LogP contribution in [0.5, 0.6) is 0 Å². The van der Waals surface area contributed by atoms with Crippen LogP contribution in [0.1, 0.15) is 0 Å². The van der Waals surface area contributed by atoms with Crippen molar-refractivity contribution in [3.8, 4) is 11.1 Å². The van der Waals surface area contributed by atoms with Crippen LogP contribution in [0.4, 0.5) is 5.69 Å².